The smallest absolute Gasteiger partial charge is 0.258 e. The van der Waals surface area contributed by atoms with Crippen molar-refractivity contribution in [1.82, 2.24) is 4.72 Å². The number of sulfonamides is 1. The van der Waals surface area contributed by atoms with Crippen LogP contribution in [0.5, 0.6) is 0 Å². The summed E-state index contributed by atoms with van der Waals surface area (Å²) in [6, 6.07) is 3.33. The fraction of sp³-hybridized carbons (Fsp3) is 0.250. The van der Waals surface area contributed by atoms with Crippen molar-refractivity contribution in [3.63, 3.8) is 0 Å². The number of nitrogens with zero attached hydrogens (tertiary/aromatic N) is 1. The molecular weight excluding hydrogens is 291 g/mol. The summed E-state index contributed by atoms with van der Waals surface area (Å²) in [5.41, 5.74) is -0.570. The average molecular weight is 299 g/mol. The molecule has 0 heterocycles. The number of halogens is 2. The Morgan fingerprint density at radius 1 is 1.41 bits per heavy atom. The van der Waals surface area contributed by atoms with Crippen LogP contribution in [-0.2, 0) is 10.0 Å². The number of hydrogen-bond donors (Lipinski definition) is 1. The standard InChI is InChI=1S/C8H8Cl2N2O4S/c9-3-4-11-17(15,16)8-2-1-6(10)5-7(8)12(13)14/h1-2,5,11H,3-4H2. The van der Waals surface area contributed by atoms with Crippen molar-refractivity contribution in [1.29, 1.82) is 0 Å². The lowest BCUT2D eigenvalue weighted by molar-refractivity contribution is -0.387. The predicted octanol–water partition coefficient (Wildman–Crippen LogP) is 1.77. The van der Waals surface area contributed by atoms with E-state index in [-0.39, 0.29) is 17.4 Å². The van der Waals surface area contributed by atoms with Crippen LogP contribution < -0.4 is 4.72 Å². The van der Waals surface area contributed by atoms with Gasteiger partial charge in [-0.3, -0.25) is 10.1 Å². The van der Waals surface area contributed by atoms with Crippen LogP contribution in [0.2, 0.25) is 5.02 Å². The Kier molecular flexibility index (Phi) is 4.70. The topological polar surface area (TPSA) is 89.3 Å². The normalized spacial score (nSPS) is 11.4. The zero-order valence-corrected chi connectivity index (χ0v) is 10.7. The molecule has 0 saturated heterocycles. The molecule has 1 N–H and O–H groups in total. The first-order valence-electron chi connectivity index (χ1n) is 4.38. The zero-order chi connectivity index (χ0) is 13.1. The lowest BCUT2D eigenvalue weighted by atomic mass is 10.3. The first kappa shape index (κ1) is 14.2. The van der Waals surface area contributed by atoms with Crippen molar-refractivity contribution < 1.29 is 13.3 Å². The third-order valence-electron chi connectivity index (χ3n) is 1.79. The fourth-order valence-electron chi connectivity index (χ4n) is 1.11. The number of hydrogen-bond acceptors (Lipinski definition) is 4. The Labute approximate surface area is 108 Å². The summed E-state index contributed by atoms with van der Waals surface area (Å²) in [5, 5.41) is 10.8. The highest BCUT2D eigenvalue weighted by Gasteiger charge is 2.25. The molecule has 0 aliphatic heterocycles. The summed E-state index contributed by atoms with van der Waals surface area (Å²) >= 11 is 10.9. The highest BCUT2D eigenvalue weighted by Crippen LogP contribution is 2.26. The van der Waals surface area contributed by atoms with Crippen molar-refractivity contribution in [2.75, 3.05) is 12.4 Å². The van der Waals surface area contributed by atoms with Crippen LogP contribution in [0.3, 0.4) is 0 Å². The molecule has 0 atom stereocenters. The van der Waals surface area contributed by atoms with Gasteiger partial charge in [-0.2, -0.15) is 0 Å². The first-order valence-corrected chi connectivity index (χ1v) is 6.77. The molecular formula is C8H8Cl2N2O4S. The van der Waals surface area contributed by atoms with Crippen LogP contribution in [0.1, 0.15) is 0 Å². The molecule has 0 fully saturated rings. The Morgan fingerprint density at radius 2 is 2.06 bits per heavy atom. The van der Waals surface area contributed by atoms with Gasteiger partial charge in [-0.05, 0) is 12.1 Å². The molecule has 0 radical (unpaired) electrons. The lowest BCUT2D eigenvalue weighted by Crippen LogP contribution is -2.26. The van der Waals surface area contributed by atoms with Crippen LogP contribution in [0.15, 0.2) is 23.1 Å². The molecule has 1 rings (SSSR count). The Balaban J connectivity index is 3.26. The van der Waals surface area contributed by atoms with E-state index < -0.39 is 25.5 Å². The zero-order valence-electron chi connectivity index (χ0n) is 8.39. The van der Waals surface area contributed by atoms with Gasteiger partial charge >= 0.3 is 0 Å². The quantitative estimate of drug-likeness (QED) is 0.509. The number of alkyl halides is 1. The molecule has 0 bridgehead atoms. The van der Waals surface area contributed by atoms with Crippen LogP contribution in [0.25, 0.3) is 0 Å². The number of rotatable bonds is 5. The van der Waals surface area contributed by atoms with Gasteiger partial charge in [-0.15, -0.1) is 11.6 Å². The van der Waals surface area contributed by atoms with Gasteiger partial charge in [0.15, 0.2) is 4.90 Å². The molecule has 1 aromatic rings. The summed E-state index contributed by atoms with van der Waals surface area (Å²) in [4.78, 5) is 9.49. The highest BCUT2D eigenvalue weighted by atomic mass is 35.5. The third kappa shape index (κ3) is 3.53. The SMILES string of the molecule is O=[N+]([O-])c1cc(Cl)ccc1S(=O)(=O)NCCCl. The molecule has 0 aromatic heterocycles. The number of nitrogens with one attached hydrogen (secondary N) is 1. The molecule has 9 heteroatoms. The fourth-order valence-corrected chi connectivity index (χ4v) is 2.67. The largest absolute Gasteiger partial charge is 0.290 e. The van der Waals surface area contributed by atoms with E-state index in [9.17, 15) is 18.5 Å². The van der Waals surface area contributed by atoms with E-state index in [1.54, 1.807) is 0 Å². The molecule has 0 saturated carbocycles. The maximum atomic E-state index is 11.7. The van der Waals surface area contributed by atoms with Crippen LogP contribution in [0.4, 0.5) is 5.69 Å². The van der Waals surface area contributed by atoms with Crippen molar-refractivity contribution in [2.45, 2.75) is 4.90 Å². The van der Waals surface area contributed by atoms with Gasteiger partial charge in [-0.25, -0.2) is 13.1 Å². The van der Waals surface area contributed by atoms with E-state index >= 15 is 0 Å². The van der Waals surface area contributed by atoms with Gasteiger partial charge < -0.3 is 0 Å². The molecule has 6 nitrogen and oxygen atoms in total. The minimum atomic E-state index is -3.95. The van der Waals surface area contributed by atoms with E-state index in [0.717, 1.165) is 12.1 Å². The van der Waals surface area contributed by atoms with E-state index in [4.69, 9.17) is 23.2 Å². The van der Waals surface area contributed by atoms with Crippen LogP contribution in [0, 0.1) is 10.1 Å². The lowest BCUT2D eigenvalue weighted by Gasteiger charge is -2.05. The maximum Gasteiger partial charge on any atom is 0.290 e. The van der Waals surface area contributed by atoms with E-state index in [1.807, 2.05) is 0 Å². The van der Waals surface area contributed by atoms with E-state index in [0.29, 0.717) is 0 Å². The number of nitro benzene ring substituents is 1. The first-order chi connectivity index (χ1) is 7.88. The number of nitro groups is 1. The Bertz CT molecular complexity index is 532. The Morgan fingerprint density at radius 3 is 2.59 bits per heavy atom. The number of benzene rings is 1. The summed E-state index contributed by atoms with van der Waals surface area (Å²) in [5.74, 6) is 0.0701. The highest BCUT2D eigenvalue weighted by molar-refractivity contribution is 7.89. The minimum absolute atomic E-state index is 0.0102. The van der Waals surface area contributed by atoms with Gasteiger partial charge in [-0.1, -0.05) is 11.6 Å². The minimum Gasteiger partial charge on any atom is -0.258 e. The third-order valence-corrected chi connectivity index (χ3v) is 3.73. The summed E-state index contributed by atoms with van der Waals surface area (Å²) < 4.78 is 25.6. The summed E-state index contributed by atoms with van der Waals surface area (Å²) in [6.07, 6.45) is 0. The second kappa shape index (κ2) is 5.63. The van der Waals surface area contributed by atoms with Crippen LogP contribution in [-0.4, -0.2) is 25.8 Å². The molecule has 0 amide bonds. The molecule has 0 aliphatic rings. The van der Waals surface area contributed by atoms with Crippen LogP contribution >= 0.6 is 23.2 Å². The maximum absolute atomic E-state index is 11.7. The van der Waals surface area contributed by atoms with Crippen molar-refractivity contribution in [3.05, 3.63) is 33.3 Å². The van der Waals surface area contributed by atoms with Gasteiger partial charge in [0, 0.05) is 23.5 Å². The average Bonchev–Trinajstić information content (AvgIpc) is 2.26. The predicted molar refractivity (Wildman–Crippen MR) is 64.0 cm³/mol. The summed E-state index contributed by atoms with van der Waals surface area (Å²) in [7, 11) is -3.95. The Hall–Kier alpha value is -0.890. The van der Waals surface area contributed by atoms with Gasteiger partial charge in [0.25, 0.3) is 5.69 Å². The molecule has 1 aromatic carbocycles. The summed E-state index contributed by atoms with van der Waals surface area (Å²) in [6.45, 7) is -0.0102. The molecule has 0 spiro atoms. The van der Waals surface area contributed by atoms with Crippen molar-refractivity contribution in [2.24, 2.45) is 0 Å². The van der Waals surface area contributed by atoms with Gasteiger partial charge in [0.1, 0.15) is 0 Å². The second-order valence-electron chi connectivity index (χ2n) is 2.96. The van der Waals surface area contributed by atoms with E-state index in [1.165, 1.54) is 6.07 Å². The molecule has 0 aliphatic carbocycles. The molecule has 94 valence electrons. The molecule has 17 heavy (non-hydrogen) atoms. The van der Waals surface area contributed by atoms with E-state index in [2.05, 4.69) is 4.72 Å². The monoisotopic (exact) mass is 298 g/mol. The van der Waals surface area contributed by atoms with Gasteiger partial charge in [0.2, 0.25) is 10.0 Å². The van der Waals surface area contributed by atoms with Crippen molar-refractivity contribution in [3.8, 4) is 0 Å². The van der Waals surface area contributed by atoms with Crippen molar-refractivity contribution >= 4 is 38.9 Å². The second-order valence-corrected chi connectivity index (χ2v) is 5.51. The van der Waals surface area contributed by atoms with Gasteiger partial charge in [0.05, 0.1) is 4.92 Å². The molecule has 0 unspecified atom stereocenters.